The van der Waals surface area contributed by atoms with Crippen molar-refractivity contribution >= 4 is 10.8 Å². The van der Waals surface area contributed by atoms with Crippen LogP contribution in [0.2, 0.25) is 0 Å². The lowest BCUT2D eigenvalue weighted by Gasteiger charge is -2.30. The van der Waals surface area contributed by atoms with E-state index in [0.29, 0.717) is 6.04 Å². The van der Waals surface area contributed by atoms with Gasteiger partial charge >= 0.3 is 0 Å². The van der Waals surface area contributed by atoms with Crippen LogP contribution >= 0.6 is 0 Å². The van der Waals surface area contributed by atoms with Crippen LogP contribution in [-0.4, -0.2) is 37.2 Å². The van der Waals surface area contributed by atoms with Crippen molar-refractivity contribution < 1.29 is 4.74 Å². The number of nitrogens with zero attached hydrogens (tertiary/aromatic N) is 1. The lowest BCUT2D eigenvalue weighted by molar-refractivity contribution is 0.171. The van der Waals surface area contributed by atoms with Crippen molar-refractivity contribution in [3.8, 4) is 5.75 Å². The maximum absolute atomic E-state index is 5.99. The van der Waals surface area contributed by atoms with Gasteiger partial charge in [-0.05, 0) is 42.3 Å². The summed E-state index contributed by atoms with van der Waals surface area (Å²) >= 11 is 0. The summed E-state index contributed by atoms with van der Waals surface area (Å²) in [6.45, 7) is 3.83. The lowest BCUT2D eigenvalue weighted by Crippen LogP contribution is -2.44. The van der Waals surface area contributed by atoms with E-state index in [1.807, 2.05) is 6.07 Å². The predicted molar refractivity (Wildman–Crippen MR) is 83.1 cm³/mol. The Balaban J connectivity index is 1.54. The zero-order chi connectivity index (χ0) is 13.8. The first-order valence-corrected chi connectivity index (χ1v) is 7.41. The lowest BCUT2D eigenvalue weighted by atomic mass is 10.1. The van der Waals surface area contributed by atoms with Gasteiger partial charge in [0, 0.05) is 19.1 Å². The molecule has 0 radical (unpaired) electrons. The molecule has 1 aliphatic heterocycles. The molecule has 106 valence electrons. The van der Waals surface area contributed by atoms with E-state index in [4.69, 9.17) is 10.5 Å². The smallest absolute Gasteiger partial charge is 0.120 e. The molecule has 1 atom stereocenters. The van der Waals surface area contributed by atoms with Gasteiger partial charge in [0.2, 0.25) is 0 Å². The molecule has 0 aromatic heterocycles. The van der Waals surface area contributed by atoms with E-state index in [1.165, 1.54) is 17.2 Å². The molecule has 1 unspecified atom stereocenters. The van der Waals surface area contributed by atoms with Crippen LogP contribution in [0.15, 0.2) is 42.5 Å². The van der Waals surface area contributed by atoms with Crippen molar-refractivity contribution in [2.24, 2.45) is 5.73 Å². The molecule has 3 nitrogen and oxygen atoms in total. The number of ether oxygens (including phenoxy) is 1. The Morgan fingerprint density at radius 1 is 1.15 bits per heavy atom. The average molecular weight is 270 g/mol. The van der Waals surface area contributed by atoms with Crippen molar-refractivity contribution in [1.82, 2.24) is 4.90 Å². The summed E-state index contributed by atoms with van der Waals surface area (Å²) in [5, 5.41) is 2.48. The van der Waals surface area contributed by atoms with E-state index in [-0.39, 0.29) is 0 Å². The monoisotopic (exact) mass is 270 g/mol. The van der Waals surface area contributed by atoms with Crippen LogP contribution in [0.3, 0.4) is 0 Å². The number of rotatable bonds is 4. The van der Waals surface area contributed by atoms with E-state index in [1.54, 1.807) is 0 Å². The molecular formula is C17H22N2O. The van der Waals surface area contributed by atoms with Crippen LogP contribution in [0, 0.1) is 0 Å². The number of nitrogens with two attached hydrogens (primary N) is 1. The molecule has 2 aromatic rings. The third-order valence-corrected chi connectivity index (χ3v) is 3.94. The molecule has 0 amide bonds. The number of fused-ring (bicyclic) bond motifs is 1. The molecule has 20 heavy (non-hydrogen) atoms. The fourth-order valence-electron chi connectivity index (χ4n) is 2.84. The Morgan fingerprint density at radius 3 is 2.85 bits per heavy atom. The Morgan fingerprint density at radius 2 is 2.00 bits per heavy atom. The largest absolute Gasteiger partial charge is 0.492 e. The highest BCUT2D eigenvalue weighted by atomic mass is 16.5. The standard InChI is InChI=1S/C17H22N2O/c18-16-6-3-9-19(13-16)10-11-20-17-8-7-14-4-1-2-5-15(14)12-17/h1-2,4-5,7-8,12,16H,3,6,9-11,13,18H2. The van der Waals surface area contributed by atoms with Crippen LogP contribution in [0.25, 0.3) is 10.8 Å². The summed E-state index contributed by atoms with van der Waals surface area (Å²) in [6.07, 6.45) is 2.36. The van der Waals surface area contributed by atoms with Crippen molar-refractivity contribution in [2.45, 2.75) is 18.9 Å². The van der Waals surface area contributed by atoms with Gasteiger partial charge in [0.05, 0.1) is 0 Å². The van der Waals surface area contributed by atoms with E-state index < -0.39 is 0 Å². The third-order valence-electron chi connectivity index (χ3n) is 3.94. The molecule has 0 spiro atoms. The number of piperidine rings is 1. The summed E-state index contributed by atoms with van der Waals surface area (Å²) in [5.41, 5.74) is 5.99. The molecule has 1 heterocycles. The Labute approximate surface area is 120 Å². The molecule has 3 heteroatoms. The van der Waals surface area contributed by atoms with Crippen LogP contribution < -0.4 is 10.5 Å². The molecule has 0 bridgehead atoms. The van der Waals surface area contributed by atoms with Crippen molar-refractivity contribution in [1.29, 1.82) is 0 Å². The first kappa shape index (κ1) is 13.4. The van der Waals surface area contributed by atoms with E-state index >= 15 is 0 Å². The van der Waals surface area contributed by atoms with Crippen molar-refractivity contribution in [3.05, 3.63) is 42.5 Å². The fourth-order valence-corrected chi connectivity index (χ4v) is 2.84. The van der Waals surface area contributed by atoms with E-state index in [2.05, 4.69) is 41.3 Å². The van der Waals surface area contributed by atoms with Crippen LogP contribution in [0.5, 0.6) is 5.75 Å². The minimum Gasteiger partial charge on any atom is -0.492 e. The summed E-state index contributed by atoms with van der Waals surface area (Å²) in [5.74, 6) is 0.949. The summed E-state index contributed by atoms with van der Waals surface area (Å²) < 4.78 is 5.87. The highest BCUT2D eigenvalue weighted by molar-refractivity contribution is 5.83. The van der Waals surface area contributed by atoms with Crippen molar-refractivity contribution in [2.75, 3.05) is 26.2 Å². The van der Waals surface area contributed by atoms with Gasteiger partial charge in [0.25, 0.3) is 0 Å². The quantitative estimate of drug-likeness (QED) is 0.928. The topological polar surface area (TPSA) is 38.5 Å². The van der Waals surface area contributed by atoms with E-state index in [9.17, 15) is 0 Å². The van der Waals surface area contributed by atoms with E-state index in [0.717, 1.165) is 38.4 Å². The summed E-state index contributed by atoms with van der Waals surface area (Å²) in [4.78, 5) is 2.40. The van der Waals surface area contributed by atoms with Crippen LogP contribution in [0.4, 0.5) is 0 Å². The molecular weight excluding hydrogens is 248 g/mol. The Bertz CT molecular complexity index is 570. The Hall–Kier alpha value is -1.58. The van der Waals surface area contributed by atoms with Crippen LogP contribution in [0.1, 0.15) is 12.8 Å². The number of hydrogen-bond acceptors (Lipinski definition) is 3. The summed E-state index contributed by atoms with van der Waals surface area (Å²) in [7, 11) is 0. The minimum atomic E-state index is 0.337. The van der Waals surface area contributed by atoms with Gasteiger partial charge in [-0.2, -0.15) is 0 Å². The molecule has 1 fully saturated rings. The highest BCUT2D eigenvalue weighted by Gasteiger charge is 2.15. The van der Waals surface area contributed by atoms with Crippen LogP contribution in [-0.2, 0) is 0 Å². The maximum atomic E-state index is 5.99. The first-order valence-electron chi connectivity index (χ1n) is 7.41. The average Bonchev–Trinajstić information content (AvgIpc) is 2.47. The fraction of sp³-hybridized carbons (Fsp3) is 0.412. The molecule has 3 rings (SSSR count). The van der Waals surface area contributed by atoms with Gasteiger partial charge in [-0.3, -0.25) is 4.90 Å². The predicted octanol–water partition coefficient (Wildman–Crippen LogP) is 2.64. The highest BCUT2D eigenvalue weighted by Crippen LogP contribution is 2.20. The Kier molecular flexibility index (Phi) is 4.19. The molecule has 0 aliphatic carbocycles. The van der Waals surface area contributed by atoms with Gasteiger partial charge in [0.1, 0.15) is 12.4 Å². The van der Waals surface area contributed by atoms with Gasteiger partial charge in [0.15, 0.2) is 0 Å². The molecule has 2 aromatic carbocycles. The maximum Gasteiger partial charge on any atom is 0.120 e. The van der Waals surface area contributed by atoms with Gasteiger partial charge < -0.3 is 10.5 Å². The molecule has 1 saturated heterocycles. The minimum absolute atomic E-state index is 0.337. The molecule has 2 N–H and O–H groups in total. The van der Waals surface area contributed by atoms with Crippen molar-refractivity contribution in [3.63, 3.8) is 0 Å². The second-order valence-electron chi connectivity index (χ2n) is 5.56. The number of benzene rings is 2. The SMILES string of the molecule is NC1CCCN(CCOc2ccc3ccccc3c2)C1. The number of likely N-dealkylation sites (tertiary alicyclic amines) is 1. The zero-order valence-electron chi connectivity index (χ0n) is 11.8. The summed E-state index contributed by atoms with van der Waals surface area (Å²) in [6, 6.07) is 15.0. The van der Waals surface area contributed by atoms with Gasteiger partial charge in [-0.25, -0.2) is 0 Å². The number of hydrogen-bond donors (Lipinski definition) is 1. The molecule has 0 saturated carbocycles. The zero-order valence-corrected chi connectivity index (χ0v) is 11.8. The second-order valence-corrected chi connectivity index (χ2v) is 5.56. The molecule has 1 aliphatic rings. The van der Waals surface area contributed by atoms with Gasteiger partial charge in [-0.15, -0.1) is 0 Å². The first-order chi connectivity index (χ1) is 9.81. The van der Waals surface area contributed by atoms with Gasteiger partial charge in [-0.1, -0.05) is 30.3 Å². The normalized spacial score (nSPS) is 20.1. The third kappa shape index (κ3) is 3.30. The second kappa shape index (κ2) is 6.25.